The largest absolute Gasteiger partial charge is 0.368 e. The van der Waals surface area contributed by atoms with E-state index in [2.05, 4.69) is 42.2 Å². The molecule has 2 aromatic carbocycles. The number of carbonyl (C=O) groups is 1. The molecule has 0 saturated carbocycles. The van der Waals surface area contributed by atoms with Crippen LogP contribution in [0.2, 0.25) is 0 Å². The van der Waals surface area contributed by atoms with Gasteiger partial charge in [-0.3, -0.25) is 4.79 Å². The number of unbranched alkanes of at least 4 members (excludes halogenated alkanes) is 1. The first-order valence-electron chi connectivity index (χ1n) is 8.87. The maximum Gasteiger partial charge on any atom is 0.253 e. The Morgan fingerprint density at radius 2 is 1.67 bits per heavy atom. The number of hydrogen-bond acceptors (Lipinski definition) is 2. The zero-order chi connectivity index (χ0) is 16.8. The fourth-order valence-electron chi connectivity index (χ4n) is 3.13. The molecule has 0 bridgehead atoms. The van der Waals surface area contributed by atoms with Crippen LogP contribution in [-0.2, 0) is 6.42 Å². The molecule has 1 radical (unpaired) electrons. The highest BCUT2D eigenvalue weighted by Crippen LogP contribution is 2.17. The minimum Gasteiger partial charge on any atom is -0.368 e. The first-order valence-corrected chi connectivity index (χ1v) is 8.87. The lowest BCUT2D eigenvalue weighted by molar-refractivity contribution is 0.0747. The van der Waals surface area contributed by atoms with Crippen molar-refractivity contribution in [1.29, 1.82) is 0 Å². The Hall–Kier alpha value is -2.29. The topological polar surface area (TPSA) is 23.6 Å². The second-order valence-corrected chi connectivity index (χ2v) is 6.34. The number of carbonyl (C=O) groups excluding carboxylic acids is 1. The highest BCUT2D eigenvalue weighted by atomic mass is 16.2. The first kappa shape index (κ1) is 16.6. The van der Waals surface area contributed by atoms with Crippen LogP contribution in [0.15, 0.2) is 48.5 Å². The number of hydrogen-bond donors (Lipinski definition) is 0. The first-order chi connectivity index (χ1) is 11.8. The summed E-state index contributed by atoms with van der Waals surface area (Å²) in [7, 11) is 0. The lowest BCUT2D eigenvalue weighted by atomic mass is 10.1. The molecule has 3 rings (SSSR count). The van der Waals surface area contributed by atoms with Crippen LogP contribution in [0, 0.1) is 6.07 Å². The summed E-state index contributed by atoms with van der Waals surface area (Å²) in [4.78, 5) is 17.0. The smallest absolute Gasteiger partial charge is 0.253 e. The molecular weight excluding hydrogens is 296 g/mol. The summed E-state index contributed by atoms with van der Waals surface area (Å²) in [5, 5.41) is 0. The van der Waals surface area contributed by atoms with Crippen molar-refractivity contribution in [3.63, 3.8) is 0 Å². The zero-order valence-electron chi connectivity index (χ0n) is 14.4. The third kappa shape index (κ3) is 3.97. The molecule has 125 valence electrons. The number of anilines is 1. The van der Waals surface area contributed by atoms with Gasteiger partial charge in [0.05, 0.1) is 0 Å². The van der Waals surface area contributed by atoms with E-state index >= 15 is 0 Å². The van der Waals surface area contributed by atoms with Crippen molar-refractivity contribution in [2.75, 3.05) is 31.1 Å². The van der Waals surface area contributed by atoms with E-state index in [4.69, 9.17) is 0 Å². The van der Waals surface area contributed by atoms with Crippen molar-refractivity contribution in [2.24, 2.45) is 0 Å². The second-order valence-electron chi connectivity index (χ2n) is 6.34. The molecule has 1 saturated heterocycles. The number of amides is 1. The molecule has 3 nitrogen and oxygen atoms in total. The van der Waals surface area contributed by atoms with Gasteiger partial charge in [0.15, 0.2) is 0 Å². The predicted molar refractivity (Wildman–Crippen MR) is 98.4 cm³/mol. The van der Waals surface area contributed by atoms with Crippen LogP contribution in [0.25, 0.3) is 0 Å². The van der Waals surface area contributed by atoms with Gasteiger partial charge in [0.2, 0.25) is 0 Å². The quantitative estimate of drug-likeness (QED) is 0.836. The van der Waals surface area contributed by atoms with Gasteiger partial charge < -0.3 is 9.80 Å². The van der Waals surface area contributed by atoms with E-state index < -0.39 is 0 Å². The predicted octanol–water partition coefficient (Wildman–Crippen LogP) is 3.79. The van der Waals surface area contributed by atoms with Crippen molar-refractivity contribution in [1.82, 2.24) is 4.90 Å². The molecule has 2 aromatic rings. The van der Waals surface area contributed by atoms with Gasteiger partial charge in [0.1, 0.15) is 0 Å². The van der Waals surface area contributed by atoms with Crippen LogP contribution < -0.4 is 4.90 Å². The minimum absolute atomic E-state index is 0.151. The van der Waals surface area contributed by atoms with Crippen LogP contribution in [0.1, 0.15) is 35.7 Å². The molecule has 0 spiro atoms. The maximum atomic E-state index is 12.7. The lowest BCUT2D eigenvalue weighted by Crippen LogP contribution is -2.48. The number of piperazine rings is 1. The average Bonchev–Trinajstić information content (AvgIpc) is 2.67. The molecule has 1 aliphatic rings. The third-order valence-electron chi connectivity index (χ3n) is 4.65. The molecule has 1 amide bonds. The van der Waals surface area contributed by atoms with Gasteiger partial charge in [0.25, 0.3) is 5.91 Å². The highest BCUT2D eigenvalue weighted by Gasteiger charge is 2.22. The van der Waals surface area contributed by atoms with E-state index in [1.54, 1.807) is 0 Å². The van der Waals surface area contributed by atoms with Crippen molar-refractivity contribution in [2.45, 2.75) is 26.2 Å². The molecule has 0 unspecified atom stereocenters. The Morgan fingerprint density at radius 1 is 1.00 bits per heavy atom. The van der Waals surface area contributed by atoms with Gasteiger partial charge in [-0.05, 0) is 48.7 Å². The molecule has 0 N–H and O–H groups in total. The molecule has 1 aliphatic heterocycles. The average molecular weight is 321 g/mol. The van der Waals surface area contributed by atoms with E-state index in [9.17, 15) is 4.79 Å². The summed E-state index contributed by atoms with van der Waals surface area (Å²) in [6, 6.07) is 19.2. The minimum atomic E-state index is 0.151. The monoisotopic (exact) mass is 321 g/mol. The highest BCUT2D eigenvalue weighted by molar-refractivity contribution is 5.94. The van der Waals surface area contributed by atoms with E-state index in [0.29, 0.717) is 0 Å². The number of benzene rings is 2. The summed E-state index contributed by atoms with van der Waals surface area (Å²) in [6.07, 6.45) is 3.50. The van der Waals surface area contributed by atoms with Crippen molar-refractivity contribution in [3.8, 4) is 0 Å². The van der Waals surface area contributed by atoms with E-state index in [1.807, 2.05) is 29.2 Å². The van der Waals surface area contributed by atoms with Gasteiger partial charge in [-0.1, -0.05) is 37.6 Å². The second kappa shape index (κ2) is 8.00. The molecule has 3 heteroatoms. The van der Waals surface area contributed by atoms with Gasteiger partial charge in [-0.2, -0.15) is 0 Å². The van der Waals surface area contributed by atoms with Crippen molar-refractivity contribution < 1.29 is 4.79 Å². The summed E-state index contributed by atoms with van der Waals surface area (Å²) in [6.45, 7) is 5.50. The van der Waals surface area contributed by atoms with Crippen LogP contribution >= 0.6 is 0 Å². The molecule has 24 heavy (non-hydrogen) atoms. The number of rotatable bonds is 5. The molecule has 0 atom stereocenters. The van der Waals surface area contributed by atoms with Gasteiger partial charge in [-0.15, -0.1) is 0 Å². The Morgan fingerprint density at radius 3 is 2.29 bits per heavy atom. The zero-order valence-corrected chi connectivity index (χ0v) is 14.4. The van der Waals surface area contributed by atoms with Gasteiger partial charge in [-0.25, -0.2) is 0 Å². The summed E-state index contributed by atoms with van der Waals surface area (Å²) >= 11 is 0. The molecule has 0 aromatic heterocycles. The Labute approximate surface area is 144 Å². The molecular formula is C21H25N2O. The Balaban J connectivity index is 1.57. The van der Waals surface area contributed by atoms with Crippen LogP contribution in [0.4, 0.5) is 5.69 Å². The van der Waals surface area contributed by atoms with Crippen molar-refractivity contribution in [3.05, 3.63) is 65.7 Å². The fraction of sp³-hybridized carbons (Fsp3) is 0.381. The van der Waals surface area contributed by atoms with Gasteiger partial charge in [0, 0.05) is 37.4 Å². The van der Waals surface area contributed by atoms with E-state index in [0.717, 1.165) is 38.2 Å². The summed E-state index contributed by atoms with van der Waals surface area (Å²) in [5.41, 5.74) is 3.33. The van der Waals surface area contributed by atoms with Crippen LogP contribution in [0.5, 0.6) is 0 Å². The van der Waals surface area contributed by atoms with Crippen molar-refractivity contribution >= 4 is 11.6 Å². The Bertz CT molecular complexity index is 643. The van der Waals surface area contributed by atoms with Crippen LogP contribution in [-0.4, -0.2) is 37.0 Å². The van der Waals surface area contributed by atoms with Gasteiger partial charge >= 0.3 is 0 Å². The third-order valence-corrected chi connectivity index (χ3v) is 4.65. The molecule has 1 fully saturated rings. The Kier molecular flexibility index (Phi) is 5.52. The maximum absolute atomic E-state index is 12.7. The molecule has 0 aliphatic carbocycles. The molecule has 1 heterocycles. The normalized spacial score (nSPS) is 14.7. The van der Waals surface area contributed by atoms with E-state index in [1.165, 1.54) is 24.1 Å². The fourth-order valence-corrected chi connectivity index (χ4v) is 3.13. The standard InChI is InChI=1S/C21H25N2O/c1-2-3-7-18-10-12-19(13-11-18)21(24)23-16-14-22(15-17-23)20-8-5-4-6-9-20/h5-6,8-13H,2-3,7,14-17H2,1H3. The summed E-state index contributed by atoms with van der Waals surface area (Å²) < 4.78 is 0. The SMILES string of the molecule is CCCCc1ccc(C(=O)N2CCN(c3cc[c]cc3)CC2)cc1. The van der Waals surface area contributed by atoms with E-state index in [-0.39, 0.29) is 5.91 Å². The summed E-state index contributed by atoms with van der Waals surface area (Å²) in [5.74, 6) is 0.151. The number of aryl methyl sites for hydroxylation is 1. The lowest BCUT2D eigenvalue weighted by Gasteiger charge is -2.36. The van der Waals surface area contributed by atoms with Crippen LogP contribution in [0.3, 0.4) is 0 Å². The number of nitrogens with zero attached hydrogens (tertiary/aromatic N) is 2.